The minimum atomic E-state index is -0.1000. The molecule has 4 atom stereocenters. The molecular formula is C24H33N5O2. The number of pyridine rings is 1. The van der Waals surface area contributed by atoms with Gasteiger partial charge in [-0.15, -0.1) is 0 Å². The molecule has 2 amide bonds. The molecule has 31 heavy (non-hydrogen) atoms. The molecule has 0 unspecified atom stereocenters. The van der Waals surface area contributed by atoms with Crippen LogP contribution in [0.1, 0.15) is 61.0 Å². The predicted molar refractivity (Wildman–Crippen MR) is 119 cm³/mol. The monoisotopic (exact) mass is 423 g/mol. The van der Waals surface area contributed by atoms with Gasteiger partial charge in [0.05, 0.1) is 0 Å². The summed E-state index contributed by atoms with van der Waals surface area (Å²) in [6, 6.07) is 5.74. The van der Waals surface area contributed by atoms with Gasteiger partial charge in [-0.1, -0.05) is 19.9 Å². The van der Waals surface area contributed by atoms with Crippen LogP contribution in [0.2, 0.25) is 0 Å². The van der Waals surface area contributed by atoms with E-state index in [2.05, 4.69) is 36.4 Å². The summed E-state index contributed by atoms with van der Waals surface area (Å²) in [4.78, 5) is 32.3. The van der Waals surface area contributed by atoms with Gasteiger partial charge in [-0.25, -0.2) is 4.98 Å². The molecule has 7 heteroatoms. The van der Waals surface area contributed by atoms with Crippen LogP contribution in [0.5, 0.6) is 0 Å². The van der Waals surface area contributed by atoms with E-state index in [1.54, 1.807) is 16.7 Å². The lowest BCUT2D eigenvalue weighted by Gasteiger charge is -2.60. The van der Waals surface area contributed by atoms with E-state index in [0.717, 1.165) is 19.0 Å². The minimum Gasteiger partial charge on any atom is -0.350 e. The zero-order valence-corrected chi connectivity index (χ0v) is 18.7. The van der Waals surface area contributed by atoms with Crippen molar-refractivity contribution in [3.8, 4) is 0 Å². The Labute approximate surface area is 183 Å². The van der Waals surface area contributed by atoms with Gasteiger partial charge in [-0.3, -0.25) is 14.0 Å². The number of hydrogen-bond donors (Lipinski definition) is 2. The van der Waals surface area contributed by atoms with Gasteiger partial charge in [0.25, 0.3) is 11.8 Å². The summed E-state index contributed by atoms with van der Waals surface area (Å²) in [7, 11) is 0. The third-order valence-electron chi connectivity index (χ3n) is 8.13. The third kappa shape index (κ3) is 3.53. The Morgan fingerprint density at radius 2 is 2.13 bits per heavy atom. The maximum atomic E-state index is 13.0. The van der Waals surface area contributed by atoms with E-state index in [4.69, 9.17) is 0 Å². The van der Waals surface area contributed by atoms with Crippen LogP contribution in [0.25, 0.3) is 5.65 Å². The standard InChI is InChI=1S/C24H33N5O2/c1-15-13-28(10-9-25-15)23(31)19-14-29-20(5-4-6-21(29)27-19)22(30)26-12-16-7-8-17-11-18(16)24(17,2)3/h4-6,14-18,25H,7-13H2,1-3H3,(H,26,30)/t15-,16+,17+,18+/m1/s1. The summed E-state index contributed by atoms with van der Waals surface area (Å²) >= 11 is 0. The summed E-state index contributed by atoms with van der Waals surface area (Å²) in [5.74, 6) is 1.95. The van der Waals surface area contributed by atoms with E-state index in [0.29, 0.717) is 47.4 Å². The van der Waals surface area contributed by atoms with E-state index in [-0.39, 0.29) is 17.9 Å². The lowest BCUT2D eigenvalue weighted by molar-refractivity contribution is -0.103. The fraction of sp³-hybridized carbons (Fsp3) is 0.625. The Bertz CT molecular complexity index is 1010. The molecule has 3 saturated carbocycles. The average molecular weight is 424 g/mol. The highest BCUT2D eigenvalue weighted by Crippen LogP contribution is 2.61. The van der Waals surface area contributed by atoms with Crippen LogP contribution in [0.4, 0.5) is 0 Å². The summed E-state index contributed by atoms with van der Waals surface area (Å²) in [5, 5.41) is 6.52. The fourth-order valence-electron chi connectivity index (χ4n) is 6.10. The molecule has 4 fully saturated rings. The maximum absolute atomic E-state index is 13.0. The number of piperazine rings is 1. The molecule has 2 bridgehead atoms. The lowest BCUT2D eigenvalue weighted by atomic mass is 9.45. The molecule has 6 rings (SSSR count). The van der Waals surface area contributed by atoms with Crippen molar-refractivity contribution in [2.45, 2.75) is 46.1 Å². The average Bonchev–Trinajstić information content (AvgIpc) is 3.21. The first-order chi connectivity index (χ1) is 14.8. The fourth-order valence-corrected chi connectivity index (χ4v) is 6.10. The second kappa shape index (κ2) is 7.62. The van der Waals surface area contributed by atoms with Gasteiger partial charge < -0.3 is 15.5 Å². The number of aromatic nitrogens is 2. The lowest BCUT2D eigenvalue weighted by Crippen LogP contribution is -2.54. The second-order valence-electron chi connectivity index (χ2n) is 10.3. The van der Waals surface area contributed by atoms with Crippen molar-refractivity contribution >= 4 is 17.5 Å². The van der Waals surface area contributed by atoms with Gasteiger partial charge in [-0.05, 0) is 61.5 Å². The van der Waals surface area contributed by atoms with Gasteiger partial charge in [0.1, 0.15) is 17.0 Å². The van der Waals surface area contributed by atoms with Gasteiger partial charge in [0, 0.05) is 38.4 Å². The molecule has 7 nitrogen and oxygen atoms in total. The number of carbonyl (C=O) groups excluding carboxylic acids is 2. The first-order valence-corrected chi connectivity index (χ1v) is 11.6. The van der Waals surface area contributed by atoms with Crippen LogP contribution >= 0.6 is 0 Å². The number of rotatable bonds is 4. The topological polar surface area (TPSA) is 78.7 Å². The van der Waals surface area contributed by atoms with Gasteiger partial charge >= 0.3 is 0 Å². The summed E-state index contributed by atoms with van der Waals surface area (Å²) in [5.41, 5.74) is 1.96. The van der Waals surface area contributed by atoms with Crippen LogP contribution in [0.15, 0.2) is 24.4 Å². The molecule has 4 aliphatic rings. The van der Waals surface area contributed by atoms with Gasteiger partial charge in [0.15, 0.2) is 0 Å². The first kappa shape index (κ1) is 20.5. The number of nitrogens with zero attached hydrogens (tertiary/aromatic N) is 3. The molecule has 3 heterocycles. The second-order valence-corrected chi connectivity index (χ2v) is 10.3. The van der Waals surface area contributed by atoms with E-state index in [9.17, 15) is 9.59 Å². The molecule has 0 spiro atoms. The molecule has 3 aliphatic carbocycles. The SMILES string of the molecule is C[C@@H]1CN(C(=O)c2cn3c(C(=O)NC[C@@H]4CC[C@H]5C[C@@H]4C5(C)C)cccc3n2)CCN1. The molecule has 2 N–H and O–H groups in total. The van der Waals surface area contributed by atoms with Crippen molar-refractivity contribution in [3.63, 3.8) is 0 Å². The summed E-state index contributed by atoms with van der Waals surface area (Å²) in [6.45, 7) is 9.67. The smallest absolute Gasteiger partial charge is 0.274 e. The molecule has 0 radical (unpaired) electrons. The van der Waals surface area contributed by atoms with Gasteiger partial charge in [-0.2, -0.15) is 0 Å². The van der Waals surface area contributed by atoms with Crippen molar-refractivity contribution in [2.24, 2.45) is 23.2 Å². The van der Waals surface area contributed by atoms with E-state index in [1.807, 2.05) is 17.0 Å². The number of carbonyl (C=O) groups is 2. The van der Waals surface area contributed by atoms with Crippen molar-refractivity contribution < 1.29 is 9.59 Å². The third-order valence-corrected chi connectivity index (χ3v) is 8.13. The molecule has 1 aliphatic heterocycles. The van der Waals surface area contributed by atoms with Crippen LogP contribution in [-0.2, 0) is 0 Å². The highest BCUT2D eigenvalue weighted by Gasteiger charge is 2.53. The Balaban J connectivity index is 1.30. The quantitative estimate of drug-likeness (QED) is 0.792. The first-order valence-electron chi connectivity index (χ1n) is 11.6. The van der Waals surface area contributed by atoms with Crippen molar-refractivity contribution in [1.82, 2.24) is 24.9 Å². The van der Waals surface area contributed by atoms with E-state index >= 15 is 0 Å². The Morgan fingerprint density at radius 1 is 1.29 bits per heavy atom. The van der Waals surface area contributed by atoms with Crippen molar-refractivity contribution in [1.29, 1.82) is 0 Å². The Morgan fingerprint density at radius 3 is 2.87 bits per heavy atom. The van der Waals surface area contributed by atoms with Crippen LogP contribution in [0.3, 0.4) is 0 Å². The molecule has 1 saturated heterocycles. The zero-order valence-electron chi connectivity index (χ0n) is 18.7. The molecule has 2 aromatic rings. The summed E-state index contributed by atoms with van der Waals surface area (Å²) in [6.07, 6.45) is 5.49. The molecular weight excluding hydrogens is 390 g/mol. The van der Waals surface area contributed by atoms with E-state index in [1.165, 1.54) is 19.3 Å². The highest BCUT2D eigenvalue weighted by atomic mass is 16.2. The summed E-state index contributed by atoms with van der Waals surface area (Å²) < 4.78 is 1.75. The minimum absolute atomic E-state index is 0.0765. The molecule has 0 aromatic carbocycles. The number of fused-ring (bicyclic) bond motifs is 3. The van der Waals surface area contributed by atoms with Gasteiger partial charge in [0.2, 0.25) is 0 Å². The predicted octanol–water partition coefficient (Wildman–Crippen LogP) is 2.57. The highest BCUT2D eigenvalue weighted by molar-refractivity contribution is 5.95. The number of nitrogens with one attached hydrogen (secondary N) is 2. The Hall–Kier alpha value is -2.41. The molecule has 2 aromatic heterocycles. The normalized spacial score (nSPS) is 29.5. The maximum Gasteiger partial charge on any atom is 0.274 e. The number of imidazole rings is 1. The van der Waals surface area contributed by atoms with Crippen LogP contribution < -0.4 is 10.6 Å². The largest absolute Gasteiger partial charge is 0.350 e. The number of amides is 2. The van der Waals surface area contributed by atoms with Crippen LogP contribution in [0, 0.1) is 23.2 Å². The van der Waals surface area contributed by atoms with Crippen LogP contribution in [-0.4, -0.2) is 58.3 Å². The van der Waals surface area contributed by atoms with Crippen molar-refractivity contribution in [3.05, 3.63) is 35.8 Å². The van der Waals surface area contributed by atoms with E-state index < -0.39 is 0 Å². The Kier molecular flexibility index (Phi) is 5.04. The zero-order chi connectivity index (χ0) is 21.8. The molecule has 166 valence electrons. The number of hydrogen-bond acceptors (Lipinski definition) is 4. The van der Waals surface area contributed by atoms with Crippen molar-refractivity contribution in [2.75, 3.05) is 26.2 Å².